The molecule has 3 rings (SSSR count). The van der Waals surface area contributed by atoms with Crippen LogP contribution in [0.5, 0.6) is 0 Å². The molecule has 0 heterocycles. The first-order valence-electron chi connectivity index (χ1n) is 11.6. The maximum Gasteiger partial charge on any atom is 0.244 e. The highest BCUT2D eigenvalue weighted by molar-refractivity contribution is 7.92. The van der Waals surface area contributed by atoms with E-state index in [4.69, 9.17) is 34.8 Å². The Morgan fingerprint density at radius 2 is 1.47 bits per heavy atom. The second-order valence-electron chi connectivity index (χ2n) is 8.70. The van der Waals surface area contributed by atoms with E-state index in [2.05, 4.69) is 5.32 Å². The van der Waals surface area contributed by atoms with Crippen LogP contribution in [-0.4, -0.2) is 51.0 Å². The summed E-state index contributed by atoms with van der Waals surface area (Å²) in [6.45, 7) is 0.989. The molecule has 0 aliphatic carbocycles. The number of rotatable bonds is 10. The van der Waals surface area contributed by atoms with Crippen molar-refractivity contribution in [3.05, 3.63) is 98.5 Å². The third kappa shape index (κ3) is 7.20. The van der Waals surface area contributed by atoms with Crippen molar-refractivity contribution < 1.29 is 18.0 Å². The fourth-order valence-electron chi connectivity index (χ4n) is 4.04. The first-order chi connectivity index (χ1) is 17.9. The lowest BCUT2D eigenvalue weighted by molar-refractivity contribution is -0.139. The van der Waals surface area contributed by atoms with Gasteiger partial charge in [-0.3, -0.25) is 13.9 Å². The van der Waals surface area contributed by atoms with E-state index < -0.39 is 34.4 Å². The van der Waals surface area contributed by atoms with Gasteiger partial charge in [-0.05, 0) is 42.3 Å². The second-order valence-corrected chi connectivity index (χ2v) is 11.8. The van der Waals surface area contributed by atoms with E-state index in [0.717, 1.165) is 16.1 Å². The van der Waals surface area contributed by atoms with Gasteiger partial charge in [-0.25, -0.2) is 8.42 Å². The summed E-state index contributed by atoms with van der Waals surface area (Å²) in [6.07, 6.45) is 1.19. The highest BCUT2D eigenvalue weighted by Gasteiger charge is 2.33. The van der Waals surface area contributed by atoms with Crippen molar-refractivity contribution in [1.29, 1.82) is 0 Å². The van der Waals surface area contributed by atoms with Gasteiger partial charge < -0.3 is 10.2 Å². The molecular formula is C27H28Cl3N3O4S. The molecule has 202 valence electrons. The van der Waals surface area contributed by atoms with Gasteiger partial charge in [0.15, 0.2) is 0 Å². The Balaban J connectivity index is 2.10. The number of benzene rings is 3. The van der Waals surface area contributed by atoms with Gasteiger partial charge in [0, 0.05) is 40.6 Å². The maximum absolute atomic E-state index is 14.0. The zero-order chi connectivity index (χ0) is 28.0. The fraction of sp³-hybridized carbons (Fsp3) is 0.259. The average molecular weight is 597 g/mol. The zero-order valence-corrected chi connectivity index (χ0v) is 24.2. The van der Waals surface area contributed by atoms with Gasteiger partial charge in [0.1, 0.15) is 12.6 Å². The summed E-state index contributed by atoms with van der Waals surface area (Å²) in [5.41, 5.74) is 2.02. The molecule has 11 heteroatoms. The van der Waals surface area contributed by atoms with E-state index in [-0.39, 0.29) is 18.7 Å². The third-order valence-corrected chi connectivity index (χ3v) is 8.34. The minimum absolute atomic E-state index is 0.117. The molecule has 3 aromatic rings. The SMILES string of the molecule is CNC(=O)[C@H](Cc1ccccc1)N(Cc1c(Cl)cccc1Cl)C(=O)CN(c1cccc(Cl)c1C)S(C)(=O)=O. The fourth-order valence-corrected chi connectivity index (χ4v) is 5.62. The van der Waals surface area contributed by atoms with Gasteiger partial charge in [0.2, 0.25) is 21.8 Å². The molecule has 0 aromatic heterocycles. The van der Waals surface area contributed by atoms with Crippen molar-refractivity contribution in [2.24, 2.45) is 0 Å². The number of likely N-dealkylation sites (N-methyl/N-ethyl adjacent to an activating group) is 1. The molecule has 0 bridgehead atoms. The highest BCUT2D eigenvalue weighted by Crippen LogP contribution is 2.30. The Morgan fingerprint density at radius 3 is 2.05 bits per heavy atom. The van der Waals surface area contributed by atoms with Crippen molar-refractivity contribution in [1.82, 2.24) is 10.2 Å². The molecule has 2 amide bonds. The Kier molecular flexibility index (Phi) is 10.1. The van der Waals surface area contributed by atoms with Crippen molar-refractivity contribution in [3.8, 4) is 0 Å². The molecule has 1 atom stereocenters. The normalized spacial score (nSPS) is 12.1. The molecule has 0 fully saturated rings. The predicted molar refractivity (Wildman–Crippen MR) is 153 cm³/mol. The standard InChI is InChI=1S/C27H28Cl3N3O4S/c1-18-21(28)11-8-14-24(18)33(38(3,36)37)17-26(34)32(16-20-22(29)12-7-13-23(20)30)25(27(35)31-2)15-19-9-5-4-6-10-19/h4-14,25H,15-17H2,1-3H3,(H,31,35)/t25-/m0/s1. The number of amides is 2. The zero-order valence-electron chi connectivity index (χ0n) is 21.1. The Labute approximate surface area is 238 Å². The van der Waals surface area contributed by atoms with Crippen LogP contribution in [0.25, 0.3) is 0 Å². The van der Waals surface area contributed by atoms with Crippen LogP contribution in [-0.2, 0) is 32.6 Å². The van der Waals surface area contributed by atoms with Crippen LogP contribution >= 0.6 is 34.8 Å². The van der Waals surface area contributed by atoms with E-state index in [9.17, 15) is 18.0 Å². The number of carbonyl (C=O) groups excluding carboxylic acids is 2. The van der Waals surface area contributed by atoms with Crippen LogP contribution in [0.15, 0.2) is 66.7 Å². The van der Waals surface area contributed by atoms with Gasteiger partial charge in [-0.15, -0.1) is 0 Å². The first kappa shape index (κ1) is 29.8. The quantitative estimate of drug-likeness (QED) is 0.353. The van der Waals surface area contributed by atoms with E-state index in [0.29, 0.717) is 26.2 Å². The summed E-state index contributed by atoms with van der Waals surface area (Å²) in [7, 11) is -2.44. The van der Waals surface area contributed by atoms with Crippen molar-refractivity contribution in [2.45, 2.75) is 25.9 Å². The van der Waals surface area contributed by atoms with Crippen LogP contribution in [0.1, 0.15) is 16.7 Å². The number of nitrogens with zero attached hydrogens (tertiary/aromatic N) is 2. The third-order valence-electron chi connectivity index (χ3n) is 6.09. The van der Waals surface area contributed by atoms with E-state index in [1.165, 1.54) is 11.9 Å². The molecular weight excluding hydrogens is 569 g/mol. The molecule has 1 N–H and O–H groups in total. The molecule has 0 spiro atoms. The summed E-state index contributed by atoms with van der Waals surface area (Å²) in [6, 6.07) is 18.0. The summed E-state index contributed by atoms with van der Waals surface area (Å²) in [5.74, 6) is -1.04. The summed E-state index contributed by atoms with van der Waals surface area (Å²) in [5, 5.41) is 3.61. The molecule has 7 nitrogen and oxygen atoms in total. The number of halogens is 3. The van der Waals surface area contributed by atoms with E-state index in [1.54, 1.807) is 43.3 Å². The van der Waals surface area contributed by atoms with Crippen LogP contribution in [0.4, 0.5) is 5.69 Å². The lowest BCUT2D eigenvalue weighted by Crippen LogP contribution is -2.53. The Morgan fingerprint density at radius 1 is 0.895 bits per heavy atom. The van der Waals surface area contributed by atoms with Crippen molar-refractivity contribution >= 4 is 62.3 Å². The first-order valence-corrected chi connectivity index (χ1v) is 14.6. The Bertz CT molecular complexity index is 1400. The van der Waals surface area contributed by atoms with Gasteiger partial charge in [0.05, 0.1) is 11.9 Å². The topological polar surface area (TPSA) is 86.8 Å². The minimum atomic E-state index is -3.91. The van der Waals surface area contributed by atoms with Crippen LogP contribution < -0.4 is 9.62 Å². The average Bonchev–Trinajstić information content (AvgIpc) is 2.87. The molecule has 0 aliphatic heterocycles. The predicted octanol–water partition coefficient (Wildman–Crippen LogP) is 5.11. The van der Waals surface area contributed by atoms with Gasteiger partial charge >= 0.3 is 0 Å². The Hall–Kier alpha value is -2.78. The molecule has 0 saturated heterocycles. The molecule has 0 radical (unpaired) electrons. The van der Waals surface area contributed by atoms with Gasteiger partial charge in [-0.1, -0.05) is 77.3 Å². The molecule has 0 unspecified atom stereocenters. The van der Waals surface area contributed by atoms with Crippen molar-refractivity contribution in [3.63, 3.8) is 0 Å². The lowest BCUT2D eigenvalue weighted by atomic mass is 10.0. The summed E-state index contributed by atoms with van der Waals surface area (Å²) in [4.78, 5) is 28.4. The maximum atomic E-state index is 14.0. The number of hydrogen-bond donors (Lipinski definition) is 1. The number of sulfonamides is 1. The van der Waals surface area contributed by atoms with Gasteiger partial charge in [0.25, 0.3) is 0 Å². The largest absolute Gasteiger partial charge is 0.357 e. The van der Waals surface area contributed by atoms with Crippen LogP contribution in [0, 0.1) is 6.92 Å². The smallest absolute Gasteiger partial charge is 0.244 e. The number of nitrogens with one attached hydrogen (secondary N) is 1. The van der Waals surface area contributed by atoms with E-state index in [1.807, 2.05) is 30.3 Å². The van der Waals surface area contributed by atoms with Crippen LogP contribution in [0.3, 0.4) is 0 Å². The minimum Gasteiger partial charge on any atom is -0.357 e. The summed E-state index contributed by atoms with van der Waals surface area (Å²) < 4.78 is 26.7. The second kappa shape index (κ2) is 12.8. The molecule has 0 saturated carbocycles. The highest BCUT2D eigenvalue weighted by atomic mass is 35.5. The molecule has 3 aromatic carbocycles. The number of anilines is 1. The monoisotopic (exact) mass is 595 g/mol. The number of hydrogen-bond acceptors (Lipinski definition) is 4. The lowest BCUT2D eigenvalue weighted by Gasteiger charge is -2.34. The molecule has 38 heavy (non-hydrogen) atoms. The number of carbonyl (C=O) groups is 2. The van der Waals surface area contributed by atoms with Crippen LogP contribution in [0.2, 0.25) is 15.1 Å². The summed E-state index contributed by atoms with van der Waals surface area (Å²) >= 11 is 19.1. The van der Waals surface area contributed by atoms with E-state index >= 15 is 0 Å². The van der Waals surface area contributed by atoms with Gasteiger partial charge in [-0.2, -0.15) is 0 Å². The van der Waals surface area contributed by atoms with Crippen molar-refractivity contribution in [2.75, 3.05) is 24.2 Å². The molecule has 0 aliphatic rings.